The van der Waals surface area contributed by atoms with Crippen molar-refractivity contribution in [3.63, 3.8) is 0 Å². The second-order valence-corrected chi connectivity index (χ2v) is 5.79. The Balaban J connectivity index is 0. The van der Waals surface area contributed by atoms with Gasteiger partial charge in [-0.15, -0.1) is 24.0 Å². The Labute approximate surface area is 161 Å². The largest absolute Gasteiger partial charge is 0.466 e. The van der Waals surface area contributed by atoms with E-state index in [0.717, 1.165) is 19.3 Å². The number of carbonyl (C=O) groups is 1. The molecule has 0 N–H and O–H groups in total. The molecule has 0 saturated heterocycles. The number of hydrogen-bond donors (Lipinski definition) is 0. The van der Waals surface area contributed by atoms with Crippen LogP contribution in [0.25, 0.3) is 0 Å². The molecule has 2 nitrogen and oxygen atoms in total. The highest BCUT2D eigenvalue weighted by Gasteiger charge is 2.00. The van der Waals surface area contributed by atoms with E-state index in [4.69, 9.17) is 4.74 Å². The lowest BCUT2D eigenvalue weighted by Crippen LogP contribution is -2.03. The molecule has 0 aromatic rings. The second kappa shape index (κ2) is 21.7. The van der Waals surface area contributed by atoms with E-state index < -0.39 is 0 Å². The van der Waals surface area contributed by atoms with E-state index in [1.165, 1.54) is 51.4 Å². The summed E-state index contributed by atoms with van der Waals surface area (Å²) in [6, 6.07) is 0. The molecule has 23 heavy (non-hydrogen) atoms. The first-order valence-corrected chi connectivity index (χ1v) is 9.26. The fraction of sp³-hybridized carbons (Fsp3) is 0.750. The zero-order chi connectivity index (χ0) is 16.3. The molecule has 136 valence electrons. The highest BCUT2D eigenvalue weighted by molar-refractivity contribution is 14.0. The molecule has 0 atom stereocenters. The van der Waals surface area contributed by atoms with Gasteiger partial charge in [0, 0.05) is 6.42 Å². The molecule has 0 radical (unpaired) electrons. The van der Waals surface area contributed by atoms with E-state index in [-0.39, 0.29) is 29.9 Å². The lowest BCUT2D eigenvalue weighted by atomic mass is 10.1. The topological polar surface area (TPSA) is 26.3 Å². The molecule has 0 aromatic heterocycles. The van der Waals surface area contributed by atoms with E-state index in [2.05, 4.69) is 31.2 Å². The monoisotopic (exact) mass is 436 g/mol. The van der Waals surface area contributed by atoms with Crippen LogP contribution in [0, 0.1) is 0 Å². The average Bonchev–Trinajstić information content (AvgIpc) is 2.51. The molecule has 0 unspecified atom stereocenters. The van der Waals surface area contributed by atoms with Crippen molar-refractivity contribution in [1.29, 1.82) is 0 Å². The first kappa shape index (κ1) is 24.9. The Hall–Kier alpha value is -0.320. The second-order valence-electron chi connectivity index (χ2n) is 5.79. The van der Waals surface area contributed by atoms with Gasteiger partial charge in [0.25, 0.3) is 0 Å². The maximum Gasteiger partial charge on any atom is 0.305 e. The summed E-state index contributed by atoms with van der Waals surface area (Å²) in [7, 11) is 0. The van der Waals surface area contributed by atoms with Crippen LogP contribution in [0.1, 0.15) is 90.9 Å². The van der Waals surface area contributed by atoms with Gasteiger partial charge in [-0.2, -0.15) is 0 Å². The minimum absolute atomic E-state index is 0. The first-order valence-electron chi connectivity index (χ1n) is 9.26. The molecule has 3 heteroatoms. The smallest absolute Gasteiger partial charge is 0.305 e. The third kappa shape index (κ3) is 21.7. The van der Waals surface area contributed by atoms with Crippen molar-refractivity contribution in [2.24, 2.45) is 0 Å². The number of esters is 1. The third-order valence-electron chi connectivity index (χ3n) is 3.64. The summed E-state index contributed by atoms with van der Waals surface area (Å²) in [6.45, 7) is 4.60. The minimum atomic E-state index is -0.0480. The summed E-state index contributed by atoms with van der Waals surface area (Å²) >= 11 is 0. The van der Waals surface area contributed by atoms with E-state index in [1.807, 2.05) is 6.92 Å². The van der Waals surface area contributed by atoms with Gasteiger partial charge in [0.15, 0.2) is 0 Å². The predicted molar refractivity (Wildman–Crippen MR) is 111 cm³/mol. The van der Waals surface area contributed by atoms with Crippen molar-refractivity contribution >= 4 is 29.9 Å². The Kier molecular flexibility index (Phi) is 23.5. The van der Waals surface area contributed by atoms with Crippen molar-refractivity contribution in [3.05, 3.63) is 24.3 Å². The molecule has 0 aliphatic heterocycles. The van der Waals surface area contributed by atoms with Gasteiger partial charge in [-0.25, -0.2) is 0 Å². The number of ether oxygens (including phenoxy) is 1. The molecule has 0 saturated carbocycles. The van der Waals surface area contributed by atoms with Gasteiger partial charge in [0.2, 0.25) is 0 Å². The average molecular weight is 436 g/mol. The Morgan fingerprint density at radius 2 is 1.35 bits per heavy atom. The molecule has 0 bridgehead atoms. The summed E-state index contributed by atoms with van der Waals surface area (Å²) < 4.78 is 4.91. The number of halogens is 1. The molecule has 0 aliphatic carbocycles. The first-order chi connectivity index (χ1) is 10.8. The van der Waals surface area contributed by atoms with Gasteiger partial charge in [0.05, 0.1) is 6.61 Å². The molecule has 0 amide bonds. The zero-order valence-corrected chi connectivity index (χ0v) is 17.6. The fourth-order valence-corrected chi connectivity index (χ4v) is 2.31. The SMILES string of the molecule is CCCCC/C=C\C/C=C\CCCCCCCC(=O)OCC.I. The minimum Gasteiger partial charge on any atom is -0.466 e. The van der Waals surface area contributed by atoms with Gasteiger partial charge >= 0.3 is 5.97 Å². The lowest BCUT2D eigenvalue weighted by Gasteiger charge is -2.01. The van der Waals surface area contributed by atoms with Gasteiger partial charge in [-0.1, -0.05) is 63.3 Å². The quantitative estimate of drug-likeness (QED) is 0.120. The van der Waals surface area contributed by atoms with Crippen LogP contribution in [-0.4, -0.2) is 12.6 Å². The summed E-state index contributed by atoms with van der Waals surface area (Å²) in [5, 5.41) is 0. The Morgan fingerprint density at radius 1 is 0.783 bits per heavy atom. The number of rotatable bonds is 15. The van der Waals surface area contributed by atoms with Crippen LogP contribution in [0.4, 0.5) is 0 Å². The highest BCUT2D eigenvalue weighted by Crippen LogP contribution is 2.08. The number of allylic oxidation sites excluding steroid dienone is 4. The van der Waals surface area contributed by atoms with Crippen LogP contribution in [0.15, 0.2) is 24.3 Å². The molecule has 0 fully saturated rings. The summed E-state index contributed by atoms with van der Waals surface area (Å²) in [5.41, 5.74) is 0. The van der Waals surface area contributed by atoms with Crippen molar-refractivity contribution in [2.75, 3.05) is 6.61 Å². The Bertz CT molecular complexity index is 298. The Morgan fingerprint density at radius 3 is 1.96 bits per heavy atom. The standard InChI is InChI=1S/C20H36O2.HI/c1-3-5-6-7-8-9-10-11-12-13-14-15-16-17-18-19-20(21)22-4-2;/h8-9,11-12H,3-7,10,13-19H2,1-2H3;1H/b9-8-,12-11-;. The van der Waals surface area contributed by atoms with E-state index in [9.17, 15) is 4.79 Å². The normalized spacial score (nSPS) is 11.0. The molecular weight excluding hydrogens is 399 g/mol. The third-order valence-corrected chi connectivity index (χ3v) is 3.64. The zero-order valence-electron chi connectivity index (χ0n) is 15.2. The van der Waals surface area contributed by atoms with Crippen LogP contribution in [0.2, 0.25) is 0 Å². The van der Waals surface area contributed by atoms with Crippen molar-refractivity contribution in [2.45, 2.75) is 90.9 Å². The summed E-state index contributed by atoms with van der Waals surface area (Å²) in [6.07, 6.45) is 23.1. The summed E-state index contributed by atoms with van der Waals surface area (Å²) in [5.74, 6) is -0.0480. The highest BCUT2D eigenvalue weighted by atomic mass is 127. The number of unbranched alkanes of at least 4 members (excludes halogenated alkanes) is 8. The van der Waals surface area contributed by atoms with Crippen LogP contribution >= 0.6 is 24.0 Å². The number of hydrogen-bond acceptors (Lipinski definition) is 2. The van der Waals surface area contributed by atoms with E-state index >= 15 is 0 Å². The number of carbonyl (C=O) groups excluding carboxylic acids is 1. The van der Waals surface area contributed by atoms with Crippen molar-refractivity contribution in [1.82, 2.24) is 0 Å². The van der Waals surface area contributed by atoms with Crippen LogP contribution in [0.3, 0.4) is 0 Å². The maximum absolute atomic E-state index is 11.1. The van der Waals surface area contributed by atoms with Gasteiger partial charge in [-0.05, 0) is 45.4 Å². The van der Waals surface area contributed by atoms with E-state index in [0.29, 0.717) is 13.0 Å². The van der Waals surface area contributed by atoms with Gasteiger partial charge < -0.3 is 4.74 Å². The molecular formula is C20H37IO2. The molecule has 0 heterocycles. The van der Waals surface area contributed by atoms with Gasteiger partial charge in [-0.3, -0.25) is 4.79 Å². The summed E-state index contributed by atoms with van der Waals surface area (Å²) in [4.78, 5) is 11.1. The molecule has 0 spiro atoms. The van der Waals surface area contributed by atoms with E-state index in [1.54, 1.807) is 0 Å². The molecule has 0 aromatic carbocycles. The van der Waals surface area contributed by atoms with Crippen LogP contribution < -0.4 is 0 Å². The van der Waals surface area contributed by atoms with Crippen molar-refractivity contribution in [3.8, 4) is 0 Å². The van der Waals surface area contributed by atoms with Crippen LogP contribution in [-0.2, 0) is 9.53 Å². The predicted octanol–water partition coefficient (Wildman–Crippen LogP) is 6.98. The fourth-order valence-electron chi connectivity index (χ4n) is 2.31. The lowest BCUT2D eigenvalue weighted by molar-refractivity contribution is -0.143. The van der Waals surface area contributed by atoms with Crippen LogP contribution in [0.5, 0.6) is 0 Å². The van der Waals surface area contributed by atoms with Gasteiger partial charge in [0.1, 0.15) is 0 Å². The molecule has 0 rings (SSSR count). The van der Waals surface area contributed by atoms with Crippen molar-refractivity contribution < 1.29 is 9.53 Å². The molecule has 0 aliphatic rings. The maximum atomic E-state index is 11.1.